The van der Waals surface area contributed by atoms with Crippen LogP contribution in [0, 0.1) is 0 Å². The first-order valence-corrected chi connectivity index (χ1v) is 7.75. The molecule has 2 N–H and O–H groups in total. The van der Waals surface area contributed by atoms with Crippen LogP contribution in [0.15, 0.2) is 36.4 Å². The van der Waals surface area contributed by atoms with Gasteiger partial charge < -0.3 is 15.2 Å². The highest BCUT2D eigenvalue weighted by Crippen LogP contribution is 2.15. The van der Waals surface area contributed by atoms with Crippen LogP contribution < -0.4 is 5.32 Å². The molecule has 0 aliphatic heterocycles. The molecule has 1 heterocycles. The molecule has 1 aromatic heterocycles. The first-order valence-electron chi connectivity index (χ1n) is 6.99. The predicted octanol–water partition coefficient (Wildman–Crippen LogP) is 3.39. The van der Waals surface area contributed by atoms with E-state index in [0.29, 0.717) is 12.1 Å². The molecule has 0 atom stereocenters. The van der Waals surface area contributed by atoms with E-state index in [-0.39, 0.29) is 47.6 Å². The fourth-order valence-electron chi connectivity index (χ4n) is 1.90. The van der Waals surface area contributed by atoms with Gasteiger partial charge in [0.1, 0.15) is 22.7 Å². The number of ether oxygens (including phenoxy) is 1. The number of carbonyl (C=O) groups excluding carboxylic acids is 1. The van der Waals surface area contributed by atoms with Crippen LogP contribution in [-0.2, 0) is 22.6 Å². The van der Waals surface area contributed by atoms with Crippen molar-refractivity contribution in [2.75, 3.05) is 13.1 Å². The van der Waals surface area contributed by atoms with Crippen LogP contribution in [0.4, 0.5) is 0 Å². The summed E-state index contributed by atoms with van der Waals surface area (Å²) in [6, 6.07) is 10.1. The second kappa shape index (κ2) is 10.4. The second-order valence-corrected chi connectivity index (χ2v) is 5.65. The number of rotatable bonds is 7. The minimum atomic E-state index is -0.361. The van der Waals surface area contributed by atoms with Gasteiger partial charge in [0.15, 0.2) is 0 Å². The van der Waals surface area contributed by atoms with Crippen molar-refractivity contribution in [3.05, 3.63) is 57.8 Å². The van der Waals surface area contributed by atoms with Crippen LogP contribution in [0.3, 0.4) is 0 Å². The van der Waals surface area contributed by atoms with Crippen molar-refractivity contribution >= 4 is 41.6 Å². The molecular weight excluding hydrogens is 375 g/mol. The van der Waals surface area contributed by atoms with Gasteiger partial charge in [0.2, 0.25) is 0 Å². The largest absolute Gasteiger partial charge is 0.508 e. The zero-order valence-corrected chi connectivity index (χ0v) is 15.0. The molecule has 0 aliphatic rings. The molecule has 2 aromatic rings. The minimum Gasteiger partial charge on any atom is -0.508 e. The summed E-state index contributed by atoms with van der Waals surface area (Å²) < 4.78 is 5.13. The number of phenols is 1. The number of esters is 1. The highest BCUT2D eigenvalue weighted by molar-refractivity contribution is 6.32. The van der Waals surface area contributed by atoms with Crippen molar-refractivity contribution in [2.24, 2.45) is 0 Å². The molecule has 24 heavy (non-hydrogen) atoms. The number of hydrogen-bond donors (Lipinski definition) is 2. The maximum atomic E-state index is 11.6. The molecule has 0 spiro atoms. The van der Waals surface area contributed by atoms with E-state index in [1.807, 2.05) is 12.1 Å². The van der Waals surface area contributed by atoms with E-state index in [4.69, 9.17) is 27.9 Å². The highest BCUT2D eigenvalue weighted by Gasteiger charge is 2.05. The van der Waals surface area contributed by atoms with E-state index in [9.17, 15) is 9.90 Å². The Hall–Kier alpha value is -1.53. The molecule has 0 saturated heterocycles. The summed E-state index contributed by atoms with van der Waals surface area (Å²) in [6.45, 7) is 0.845. The number of benzene rings is 1. The number of pyridine rings is 1. The topological polar surface area (TPSA) is 71.5 Å². The molecular formula is C16H17Cl3N2O3. The highest BCUT2D eigenvalue weighted by atomic mass is 35.5. The van der Waals surface area contributed by atoms with Gasteiger partial charge in [0.05, 0.1) is 6.54 Å². The summed E-state index contributed by atoms with van der Waals surface area (Å²) in [5.41, 5.74) is 1.76. The number of hydrogen-bond acceptors (Lipinski definition) is 5. The molecule has 8 heteroatoms. The Morgan fingerprint density at radius 3 is 2.38 bits per heavy atom. The molecule has 0 bridgehead atoms. The number of aromatic nitrogens is 1. The number of aromatic hydroxyl groups is 1. The summed E-state index contributed by atoms with van der Waals surface area (Å²) in [5, 5.41) is 12.7. The maximum absolute atomic E-state index is 11.6. The lowest BCUT2D eigenvalue weighted by Gasteiger charge is -2.07. The molecule has 0 radical (unpaired) electrons. The van der Waals surface area contributed by atoms with E-state index in [1.54, 1.807) is 24.3 Å². The molecule has 0 saturated carbocycles. The molecule has 0 unspecified atom stereocenters. The summed E-state index contributed by atoms with van der Waals surface area (Å²) in [7, 11) is 0. The Morgan fingerprint density at radius 1 is 1.12 bits per heavy atom. The van der Waals surface area contributed by atoms with Crippen LogP contribution in [0.2, 0.25) is 10.3 Å². The SMILES string of the molecule is Cl.O=C(CNCCc1ccc(O)cc1)OCc1cc(Cl)nc(Cl)c1. The third-order valence-corrected chi connectivity index (χ3v) is 3.41. The van der Waals surface area contributed by atoms with E-state index in [2.05, 4.69) is 10.3 Å². The lowest BCUT2D eigenvalue weighted by molar-refractivity contribution is -0.143. The Kier molecular flexibility index (Phi) is 8.85. The van der Waals surface area contributed by atoms with Gasteiger partial charge >= 0.3 is 5.97 Å². The monoisotopic (exact) mass is 390 g/mol. The Bertz CT molecular complexity index is 646. The van der Waals surface area contributed by atoms with Crippen molar-refractivity contribution in [3.8, 4) is 5.75 Å². The van der Waals surface area contributed by atoms with E-state index < -0.39 is 0 Å². The maximum Gasteiger partial charge on any atom is 0.320 e. The van der Waals surface area contributed by atoms with Gasteiger partial charge in [-0.2, -0.15) is 0 Å². The zero-order chi connectivity index (χ0) is 16.7. The van der Waals surface area contributed by atoms with Gasteiger partial charge in [-0.3, -0.25) is 4.79 Å². The molecule has 130 valence electrons. The van der Waals surface area contributed by atoms with E-state index in [0.717, 1.165) is 12.0 Å². The summed E-state index contributed by atoms with van der Waals surface area (Å²) in [5.74, 6) is -0.124. The normalized spacial score (nSPS) is 10.1. The molecule has 1 aromatic carbocycles. The van der Waals surface area contributed by atoms with Gasteiger partial charge in [-0.15, -0.1) is 12.4 Å². The first-order chi connectivity index (χ1) is 11.0. The standard InChI is InChI=1S/C16H16Cl2N2O3.ClH/c17-14-7-12(8-15(18)20-14)10-23-16(22)9-19-6-5-11-1-3-13(21)4-2-11;/h1-4,7-8,19,21H,5-6,9-10H2;1H. The summed E-state index contributed by atoms with van der Waals surface area (Å²) in [6.07, 6.45) is 0.753. The van der Waals surface area contributed by atoms with Gasteiger partial charge in [-0.25, -0.2) is 4.98 Å². The van der Waals surface area contributed by atoms with Gasteiger partial charge in [0, 0.05) is 0 Å². The average molecular weight is 392 g/mol. The van der Waals surface area contributed by atoms with Crippen molar-refractivity contribution in [1.29, 1.82) is 0 Å². The number of phenolic OH excluding ortho intramolecular Hbond substituents is 1. The van der Waals surface area contributed by atoms with Gasteiger partial charge in [-0.05, 0) is 48.4 Å². The number of nitrogens with one attached hydrogen (secondary N) is 1. The molecule has 2 rings (SSSR count). The third kappa shape index (κ3) is 7.36. The van der Waals surface area contributed by atoms with Crippen molar-refractivity contribution < 1.29 is 14.6 Å². The Morgan fingerprint density at radius 2 is 1.75 bits per heavy atom. The van der Waals surface area contributed by atoms with E-state index >= 15 is 0 Å². The van der Waals surface area contributed by atoms with Crippen LogP contribution in [0.5, 0.6) is 5.75 Å². The van der Waals surface area contributed by atoms with Crippen molar-refractivity contribution in [2.45, 2.75) is 13.0 Å². The molecule has 5 nitrogen and oxygen atoms in total. The first kappa shape index (κ1) is 20.5. The van der Waals surface area contributed by atoms with Crippen molar-refractivity contribution in [3.63, 3.8) is 0 Å². The summed E-state index contributed by atoms with van der Waals surface area (Å²) in [4.78, 5) is 15.5. The Balaban J connectivity index is 0.00000288. The lowest BCUT2D eigenvalue weighted by Crippen LogP contribution is -2.26. The lowest BCUT2D eigenvalue weighted by atomic mass is 10.1. The second-order valence-electron chi connectivity index (χ2n) is 4.87. The molecule has 0 aliphatic carbocycles. The smallest absolute Gasteiger partial charge is 0.320 e. The molecule has 0 amide bonds. The fraction of sp³-hybridized carbons (Fsp3) is 0.250. The quantitative estimate of drug-likeness (QED) is 0.430. The predicted molar refractivity (Wildman–Crippen MR) is 96.0 cm³/mol. The third-order valence-electron chi connectivity index (χ3n) is 3.02. The average Bonchev–Trinajstić information content (AvgIpc) is 2.50. The zero-order valence-electron chi connectivity index (χ0n) is 12.7. The van der Waals surface area contributed by atoms with Crippen LogP contribution >= 0.6 is 35.6 Å². The van der Waals surface area contributed by atoms with Crippen LogP contribution in [-0.4, -0.2) is 29.1 Å². The van der Waals surface area contributed by atoms with E-state index in [1.165, 1.54) is 0 Å². The number of halogens is 3. The summed E-state index contributed by atoms with van der Waals surface area (Å²) >= 11 is 11.5. The van der Waals surface area contributed by atoms with Crippen LogP contribution in [0.1, 0.15) is 11.1 Å². The van der Waals surface area contributed by atoms with Gasteiger partial charge in [-0.1, -0.05) is 35.3 Å². The number of nitrogens with zero attached hydrogens (tertiary/aromatic N) is 1. The number of carbonyl (C=O) groups is 1. The van der Waals surface area contributed by atoms with Crippen LogP contribution in [0.25, 0.3) is 0 Å². The minimum absolute atomic E-state index is 0. The fourth-order valence-corrected chi connectivity index (χ4v) is 2.40. The molecule has 0 fully saturated rings. The van der Waals surface area contributed by atoms with Gasteiger partial charge in [0.25, 0.3) is 0 Å². The van der Waals surface area contributed by atoms with Crippen molar-refractivity contribution in [1.82, 2.24) is 10.3 Å². The Labute approximate surface area is 156 Å².